The van der Waals surface area contributed by atoms with Crippen molar-refractivity contribution in [2.75, 3.05) is 0 Å². The quantitative estimate of drug-likeness (QED) is 0.111. The molecule has 0 amide bonds. The molecule has 0 rings (SSSR count). The molecule has 0 bridgehead atoms. The summed E-state index contributed by atoms with van der Waals surface area (Å²) in [5.74, 6) is -5.09. The molecule has 0 aromatic carbocycles. The Bertz CT molecular complexity index is 638. The van der Waals surface area contributed by atoms with Gasteiger partial charge in [0, 0.05) is 37.8 Å². The van der Waals surface area contributed by atoms with E-state index >= 15 is 0 Å². The van der Waals surface area contributed by atoms with Gasteiger partial charge in [0.1, 0.15) is 0 Å². The zero-order valence-corrected chi connectivity index (χ0v) is 19.6. The fourth-order valence-corrected chi connectivity index (χ4v) is 3.04. The van der Waals surface area contributed by atoms with Crippen molar-refractivity contribution in [3.8, 4) is 0 Å². The first-order valence-corrected chi connectivity index (χ1v) is 11.8. The molecule has 10 nitrogen and oxygen atoms in total. The lowest BCUT2D eigenvalue weighted by atomic mass is 10.1. The first kappa shape index (κ1) is 31.0. The van der Waals surface area contributed by atoms with Gasteiger partial charge >= 0.3 is 35.8 Å². The van der Waals surface area contributed by atoms with Gasteiger partial charge in [0.25, 0.3) is 0 Å². The summed E-state index contributed by atoms with van der Waals surface area (Å²) < 4.78 is 9.11. The highest BCUT2D eigenvalue weighted by molar-refractivity contribution is 5.98. The number of carbonyl (C=O) groups is 6. The summed E-state index contributed by atoms with van der Waals surface area (Å²) in [6.07, 6.45) is 10.8. The summed E-state index contributed by atoms with van der Waals surface area (Å²) in [6, 6.07) is 0. The summed E-state index contributed by atoms with van der Waals surface area (Å²) in [5, 5.41) is 17.1. The highest BCUT2D eigenvalue weighted by Crippen LogP contribution is 2.10. The number of unbranched alkanes of at least 4 members (excludes halogenated alkanes) is 10. The lowest BCUT2D eigenvalue weighted by molar-refractivity contribution is -0.159. The fourth-order valence-electron chi connectivity index (χ4n) is 3.04. The molecule has 0 saturated carbocycles. The number of hydrogen-bond acceptors (Lipinski definition) is 8. The minimum atomic E-state index is -1.02. The van der Waals surface area contributed by atoms with E-state index in [1.165, 1.54) is 0 Å². The SMILES string of the molecule is O=C(O)CCCCCCCCC(=O)OC(=O)/C=C\C(=O)OC(=O)CCCCCCCCC(=O)O. The van der Waals surface area contributed by atoms with Crippen LogP contribution in [0.4, 0.5) is 0 Å². The Hall–Kier alpha value is -3.04. The zero-order valence-electron chi connectivity index (χ0n) is 19.6. The third kappa shape index (κ3) is 22.2. The number of carboxylic acid groups (broad SMARTS) is 2. The van der Waals surface area contributed by atoms with Crippen LogP contribution in [0.5, 0.6) is 0 Å². The van der Waals surface area contributed by atoms with Gasteiger partial charge in [-0.15, -0.1) is 0 Å². The number of hydrogen-bond donors (Lipinski definition) is 2. The molecule has 0 fully saturated rings. The van der Waals surface area contributed by atoms with Crippen molar-refractivity contribution in [2.45, 2.75) is 103 Å². The average Bonchev–Trinajstić information content (AvgIpc) is 2.75. The van der Waals surface area contributed by atoms with E-state index in [1.807, 2.05) is 0 Å². The monoisotopic (exact) mass is 484 g/mol. The molecule has 0 spiro atoms. The summed E-state index contributed by atoms with van der Waals surface area (Å²) in [5.41, 5.74) is 0. The van der Waals surface area contributed by atoms with Crippen molar-refractivity contribution in [2.24, 2.45) is 0 Å². The molecule has 0 aliphatic rings. The van der Waals surface area contributed by atoms with Gasteiger partial charge in [-0.1, -0.05) is 51.4 Å². The van der Waals surface area contributed by atoms with Crippen LogP contribution in [0.25, 0.3) is 0 Å². The van der Waals surface area contributed by atoms with E-state index in [-0.39, 0.29) is 25.7 Å². The number of aliphatic carboxylic acids is 2. The molecule has 10 heteroatoms. The van der Waals surface area contributed by atoms with Crippen LogP contribution in [0.2, 0.25) is 0 Å². The van der Waals surface area contributed by atoms with Crippen LogP contribution >= 0.6 is 0 Å². The summed E-state index contributed by atoms with van der Waals surface area (Å²) in [6.45, 7) is 0. The maximum absolute atomic E-state index is 11.6. The second kappa shape index (κ2) is 20.6. The number of ether oxygens (including phenoxy) is 2. The smallest absolute Gasteiger partial charge is 0.338 e. The van der Waals surface area contributed by atoms with E-state index in [9.17, 15) is 28.8 Å². The Balaban J connectivity index is 3.77. The van der Waals surface area contributed by atoms with Crippen LogP contribution in [-0.4, -0.2) is 46.0 Å². The summed E-state index contributed by atoms with van der Waals surface area (Å²) in [7, 11) is 0. The topological polar surface area (TPSA) is 161 Å². The van der Waals surface area contributed by atoms with Crippen LogP contribution < -0.4 is 0 Å². The Morgan fingerprint density at radius 1 is 0.441 bits per heavy atom. The first-order chi connectivity index (χ1) is 16.2. The van der Waals surface area contributed by atoms with E-state index in [0.717, 1.165) is 63.5 Å². The minimum Gasteiger partial charge on any atom is -0.481 e. The molecule has 0 heterocycles. The standard InChI is InChI=1S/C24H36O10/c25-19(26)13-9-5-1-3-7-11-15-21(29)33-23(31)17-18-24(32)34-22(30)16-12-8-4-2-6-10-14-20(27)28/h17-18H,1-16H2,(H,25,26)(H,27,28)/b18-17-. The van der Waals surface area contributed by atoms with E-state index in [0.29, 0.717) is 25.7 Å². The van der Waals surface area contributed by atoms with Crippen molar-refractivity contribution in [3.63, 3.8) is 0 Å². The molecule has 0 aliphatic heterocycles. The van der Waals surface area contributed by atoms with Crippen molar-refractivity contribution >= 4 is 35.8 Å². The third-order valence-electron chi connectivity index (χ3n) is 4.83. The molecular weight excluding hydrogens is 448 g/mol. The van der Waals surface area contributed by atoms with Crippen LogP contribution in [0.15, 0.2) is 12.2 Å². The van der Waals surface area contributed by atoms with Crippen LogP contribution in [0.3, 0.4) is 0 Å². The third-order valence-corrected chi connectivity index (χ3v) is 4.83. The van der Waals surface area contributed by atoms with Gasteiger partial charge in [0.15, 0.2) is 0 Å². The molecule has 0 aromatic rings. The molecule has 0 aliphatic carbocycles. The van der Waals surface area contributed by atoms with Crippen LogP contribution in [0, 0.1) is 0 Å². The van der Waals surface area contributed by atoms with Crippen molar-refractivity contribution in [1.29, 1.82) is 0 Å². The molecule has 0 atom stereocenters. The lowest BCUT2D eigenvalue weighted by Gasteiger charge is -2.02. The van der Waals surface area contributed by atoms with Gasteiger partial charge in [-0.25, -0.2) is 9.59 Å². The highest BCUT2D eigenvalue weighted by Gasteiger charge is 2.11. The van der Waals surface area contributed by atoms with E-state index in [1.54, 1.807) is 0 Å². The molecule has 0 radical (unpaired) electrons. The predicted octanol–water partition coefficient (Wildman–Crippen LogP) is 4.09. The van der Waals surface area contributed by atoms with E-state index in [2.05, 4.69) is 9.47 Å². The van der Waals surface area contributed by atoms with E-state index < -0.39 is 35.8 Å². The summed E-state index contributed by atoms with van der Waals surface area (Å²) >= 11 is 0. The van der Waals surface area contributed by atoms with Gasteiger partial charge in [0.05, 0.1) is 0 Å². The van der Waals surface area contributed by atoms with Crippen LogP contribution in [0.1, 0.15) is 103 Å². The lowest BCUT2D eigenvalue weighted by Crippen LogP contribution is -2.12. The van der Waals surface area contributed by atoms with Gasteiger partial charge in [-0.05, 0) is 25.7 Å². The molecule has 192 valence electrons. The summed E-state index contributed by atoms with van der Waals surface area (Å²) in [4.78, 5) is 67.1. The largest absolute Gasteiger partial charge is 0.481 e. The average molecular weight is 485 g/mol. The zero-order chi connectivity index (χ0) is 25.6. The molecular formula is C24H36O10. The molecule has 0 unspecified atom stereocenters. The molecule has 0 aromatic heterocycles. The Morgan fingerprint density at radius 3 is 1.00 bits per heavy atom. The maximum atomic E-state index is 11.6. The number of carboxylic acids is 2. The Labute approximate surface area is 199 Å². The van der Waals surface area contributed by atoms with Gasteiger partial charge < -0.3 is 19.7 Å². The highest BCUT2D eigenvalue weighted by atomic mass is 16.6. The van der Waals surface area contributed by atoms with Gasteiger partial charge in [-0.3, -0.25) is 19.2 Å². The first-order valence-electron chi connectivity index (χ1n) is 11.8. The Morgan fingerprint density at radius 2 is 0.706 bits per heavy atom. The van der Waals surface area contributed by atoms with Gasteiger partial charge in [0.2, 0.25) is 0 Å². The fraction of sp³-hybridized carbons (Fsp3) is 0.667. The van der Waals surface area contributed by atoms with Crippen molar-refractivity contribution < 1.29 is 48.5 Å². The number of rotatable bonds is 20. The normalized spacial score (nSPS) is 10.7. The number of carbonyl (C=O) groups excluding carboxylic acids is 4. The van der Waals surface area contributed by atoms with Crippen LogP contribution in [-0.2, 0) is 38.2 Å². The van der Waals surface area contributed by atoms with Crippen molar-refractivity contribution in [3.05, 3.63) is 12.2 Å². The second-order valence-electron chi connectivity index (χ2n) is 7.95. The second-order valence-corrected chi connectivity index (χ2v) is 7.95. The van der Waals surface area contributed by atoms with E-state index in [4.69, 9.17) is 10.2 Å². The maximum Gasteiger partial charge on any atom is 0.338 e. The molecule has 2 N–H and O–H groups in total. The minimum absolute atomic E-state index is 0.0528. The molecule has 34 heavy (non-hydrogen) atoms. The molecule has 0 saturated heterocycles. The number of esters is 4. The van der Waals surface area contributed by atoms with Gasteiger partial charge in [-0.2, -0.15) is 0 Å². The Kier molecular flexibility index (Phi) is 18.7. The van der Waals surface area contributed by atoms with Crippen molar-refractivity contribution in [1.82, 2.24) is 0 Å². The predicted molar refractivity (Wildman–Crippen MR) is 120 cm³/mol.